The van der Waals surface area contributed by atoms with Gasteiger partial charge in [0.2, 0.25) is 0 Å². The number of benzene rings is 1. The molecule has 1 nitrogen and oxygen atoms in total. The van der Waals surface area contributed by atoms with Crippen molar-refractivity contribution in [2.45, 2.75) is 51.5 Å². The van der Waals surface area contributed by atoms with Crippen molar-refractivity contribution in [2.75, 3.05) is 6.54 Å². The van der Waals surface area contributed by atoms with Gasteiger partial charge in [0.1, 0.15) is 5.82 Å². The average molecular weight is 310 g/mol. The fraction of sp³-hybridized carbons (Fsp3) is 0.667. The largest absolute Gasteiger partial charge is 0.313 e. The Balaban J connectivity index is 1.74. The van der Waals surface area contributed by atoms with Gasteiger partial charge < -0.3 is 5.32 Å². The highest BCUT2D eigenvalue weighted by Gasteiger charge is 2.42. The van der Waals surface area contributed by atoms with E-state index in [0.29, 0.717) is 11.1 Å². The Morgan fingerprint density at radius 1 is 1.33 bits per heavy atom. The van der Waals surface area contributed by atoms with Gasteiger partial charge in [-0.1, -0.05) is 37.1 Å². The van der Waals surface area contributed by atoms with Gasteiger partial charge in [0, 0.05) is 6.04 Å². The van der Waals surface area contributed by atoms with Crippen LogP contribution in [0.3, 0.4) is 0 Å². The first kappa shape index (κ1) is 15.3. The zero-order valence-corrected chi connectivity index (χ0v) is 13.5. The van der Waals surface area contributed by atoms with E-state index in [9.17, 15) is 4.39 Å². The predicted molar refractivity (Wildman–Crippen MR) is 86.1 cm³/mol. The van der Waals surface area contributed by atoms with Crippen LogP contribution in [0.15, 0.2) is 18.2 Å². The molecule has 2 bridgehead atoms. The SMILES string of the molecule is CCCNC(Cc1cccc(F)c1Cl)C1CC2CCC1C2. The minimum atomic E-state index is -0.295. The highest BCUT2D eigenvalue weighted by Crippen LogP contribution is 2.50. The van der Waals surface area contributed by atoms with Crippen molar-refractivity contribution in [1.29, 1.82) is 0 Å². The number of hydrogen-bond acceptors (Lipinski definition) is 1. The normalized spacial score (nSPS) is 29.0. The van der Waals surface area contributed by atoms with Gasteiger partial charge in [0.25, 0.3) is 0 Å². The average Bonchev–Trinajstić information content (AvgIpc) is 3.10. The maximum Gasteiger partial charge on any atom is 0.142 e. The molecular weight excluding hydrogens is 285 g/mol. The first-order valence-corrected chi connectivity index (χ1v) is 8.73. The Morgan fingerprint density at radius 3 is 2.86 bits per heavy atom. The second kappa shape index (κ2) is 6.66. The van der Waals surface area contributed by atoms with Crippen LogP contribution in [0.4, 0.5) is 4.39 Å². The Hall–Kier alpha value is -0.600. The molecule has 3 rings (SSSR count). The van der Waals surface area contributed by atoms with Gasteiger partial charge in [0.05, 0.1) is 5.02 Å². The topological polar surface area (TPSA) is 12.0 Å². The fourth-order valence-electron chi connectivity index (χ4n) is 4.43. The van der Waals surface area contributed by atoms with E-state index in [-0.39, 0.29) is 5.82 Å². The summed E-state index contributed by atoms with van der Waals surface area (Å²) < 4.78 is 13.7. The molecule has 4 atom stereocenters. The number of nitrogens with one attached hydrogen (secondary N) is 1. The number of hydrogen-bond donors (Lipinski definition) is 1. The molecular formula is C18H25ClFN. The standard InChI is InChI=1S/C18H25ClFN/c1-2-8-21-17(15-10-12-6-7-13(15)9-12)11-14-4-3-5-16(20)18(14)19/h3-5,12-13,15,17,21H,2,6-11H2,1H3. The van der Waals surface area contributed by atoms with Gasteiger partial charge in [-0.05, 0) is 68.0 Å². The van der Waals surface area contributed by atoms with Crippen LogP contribution in [-0.2, 0) is 6.42 Å². The van der Waals surface area contributed by atoms with Crippen molar-refractivity contribution >= 4 is 11.6 Å². The first-order valence-electron chi connectivity index (χ1n) is 8.35. The highest BCUT2D eigenvalue weighted by molar-refractivity contribution is 6.31. The zero-order chi connectivity index (χ0) is 14.8. The smallest absolute Gasteiger partial charge is 0.142 e. The Kier molecular flexibility index (Phi) is 4.85. The molecule has 2 fully saturated rings. The molecule has 116 valence electrons. The van der Waals surface area contributed by atoms with Gasteiger partial charge >= 0.3 is 0 Å². The van der Waals surface area contributed by atoms with Crippen LogP contribution in [0, 0.1) is 23.6 Å². The van der Waals surface area contributed by atoms with Crippen molar-refractivity contribution in [1.82, 2.24) is 5.32 Å². The molecule has 2 saturated carbocycles. The molecule has 4 unspecified atom stereocenters. The number of halogens is 2. The van der Waals surface area contributed by atoms with E-state index in [4.69, 9.17) is 11.6 Å². The lowest BCUT2D eigenvalue weighted by Crippen LogP contribution is -2.41. The maximum atomic E-state index is 13.7. The van der Waals surface area contributed by atoms with Crippen molar-refractivity contribution in [3.63, 3.8) is 0 Å². The third-order valence-electron chi connectivity index (χ3n) is 5.44. The van der Waals surface area contributed by atoms with E-state index >= 15 is 0 Å². The molecule has 0 amide bonds. The van der Waals surface area contributed by atoms with Crippen molar-refractivity contribution in [3.05, 3.63) is 34.6 Å². The molecule has 1 N–H and O–H groups in total. The Labute approximate surface area is 132 Å². The quantitative estimate of drug-likeness (QED) is 0.794. The van der Waals surface area contributed by atoms with Crippen molar-refractivity contribution in [2.24, 2.45) is 17.8 Å². The van der Waals surface area contributed by atoms with Crippen LogP contribution in [0.25, 0.3) is 0 Å². The summed E-state index contributed by atoms with van der Waals surface area (Å²) in [5.41, 5.74) is 0.952. The molecule has 0 radical (unpaired) electrons. The van der Waals surface area contributed by atoms with Crippen LogP contribution in [0.2, 0.25) is 5.02 Å². The molecule has 21 heavy (non-hydrogen) atoms. The molecule has 0 aromatic heterocycles. The minimum Gasteiger partial charge on any atom is -0.313 e. The van der Waals surface area contributed by atoms with E-state index in [2.05, 4.69) is 12.2 Å². The summed E-state index contributed by atoms with van der Waals surface area (Å²) in [4.78, 5) is 0. The van der Waals surface area contributed by atoms with E-state index in [1.165, 1.54) is 31.7 Å². The van der Waals surface area contributed by atoms with Gasteiger partial charge in [-0.3, -0.25) is 0 Å². The summed E-state index contributed by atoms with van der Waals surface area (Å²) in [6.45, 7) is 3.23. The fourth-order valence-corrected chi connectivity index (χ4v) is 4.64. The molecule has 0 aliphatic heterocycles. The maximum absolute atomic E-state index is 13.7. The van der Waals surface area contributed by atoms with Crippen LogP contribution >= 0.6 is 11.6 Å². The zero-order valence-electron chi connectivity index (χ0n) is 12.7. The molecule has 2 aliphatic rings. The number of fused-ring (bicyclic) bond motifs is 2. The minimum absolute atomic E-state index is 0.295. The lowest BCUT2D eigenvalue weighted by atomic mass is 9.81. The molecule has 0 saturated heterocycles. The molecule has 3 heteroatoms. The lowest BCUT2D eigenvalue weighted by Gasteiger charge is -2.32. The van der Waals surface area contributed by atoms with E-state index in [1.807, 2.05) is 6.07 Å². The second-order valence-electron chi connectivity index (χ2n) is 6.82. The van der Waals surface area contributed by atoms with E-state index < -0.39 is 0 Å². The summed E-state index contributed by atoms with van der Waals surface area (Å²) in [6.07, 6.45) is 7.54. The number of rotatable bonds is 6. The van der Waals surface area contributed by atoms with Gasteiger partial charge in [-0.25, -0.2) is 4.39 Å². The molecule has 2 aliphatic carbocycles. The van der Waals surface area contributed by atoms with Crippen LogP contribution < -0.4 is 5.32 Å². The molecule has 1 aromatic rings. The van der Waals surface area contributed by atoms with Crippen molar-refractivity contribution < 1.29 is 4.39 Å². The van der Waals surface area contributed by atoms with Crippen LogP contribution in [0.1, 0.15) is 44.6 Å². The summed E-state index contributed by atoms with van der Waals surface area (Å²) in [6, 6.07) is 5.63. The molecule has 1 aromatic carbocycles. The van der Waals surface area contributed by atoms with E-state index in [1.54, 1.807) is 6.07 Å². The van der Waals surface area contributed by atoms with Crippen molar-refractivity contribution in [3.8, 4) is 0 Å². The van der Waals surface area contributed by atoms with Crippen LogP contribution in [0.5, 0.6) is 0 Å². The monoisotopic (exact) mass is 309 g/mol. The van der Waals surface area contributed by atoms with Gasteiger partial charge in [-0.2, -0.15) is 0 Å². The lowest BCUT2D eigenvalue weighted by molar-refractivity contribution is 0.247. The highest BCUT2D eigenvalue weighted by atomic mass is 35.5. The first-order chi connectivity index (χ1) is 10.2. The third-order valence-corrected chi connectivity index (χ3v) is 5.86. The van der Waals surface area contributed by atoms with Gasteiger partial charge in [0.15, 0.2) is 0 Å². The Bertz CT molecular complexity index is 490. The summed E-state index contributed by atoms with van der Waals surface area (Å²) in [7, 11) is 0. The van der Waals surface area contributed by atoms with E-state index in [0.717, 1.165) is 42.7 Å². The molecule has 0 spiro atoms. The Morgan fingerprint density at radius 2 is 2.19 bits per heavy atom. The second-order valence-corrected chi connectivity index (χ2v) is 7.19. The third kappa shape index (κ3) is 3.27. The summed E-state index contributed by atoms with van der Waals surface area (Å²) >= 11 is 6.15. The van der Waals surface area contributed by atoms with Gasteiger partial charge in [-0.15, -0.1) is 0 Å². The predicted octanol–water partition coefficient (Wildman–Crippen LogP) is 4.83. The summed E-state index contributed by atoms with van der Waals surface area (Å²) in [5.74, 6) is 2.26. The molecule has 0 heterocycles. The summed E-state index contributed by atoms with van der Waals surface area (Å²) in [5, 5.41) is 4.02. The van der Waals surface area contributed by atoms with Crippen LogP contribution in [-0.4, -0.2) is 12.6 Å².